The molecule has 0 unspecified atom stereocenters. The van der Waals surface area contributed by atoms with Gasteiger partial charge in [-0.2, -0.15) is 0 Å². The molecular weight excluding hydrogens is 224 g/mol. The standard InChI is InChI=1S/C14H13N4/c15-17-18(16)14(13-9-5-2-6-10-13)11-12-7-3-1-4-8-12/h1-11,15-16H/q+1. The number of rotatable bonds is 4. The summed E-state index contributed by atoms with van der Waals surface area (Å²) in [5.41, 5.74) is 17.0. The van der Waals surface area contributed by atoms with Crippen LogP contribution in [0.25, 0.3) is 11.8 Å². The van der Waals surface area contributed by atoms with Gasteiger partial charge in [-0.1, -0.05) is 60.7 Å². The molecule has 0 aromatic heterocycles. The second-order valence-corrected chi connectivity index (χ2v) is 3.72. The van der Waals surface area contributed by atoms with Crippen molar-refractivity contribution < 1.29 is 4.81 Å². The fraction of sp³-hybridized carbons (Fsp3) is 0. The summed E-state index contributed by atoms with van der Waals surface area (Å²) in [5.74, 6) is 0. The van der Waals surface area contributed by atoms with Crippen molar-refractivity contribution in [1.29, 1.82) is 11.1 Å². The Balaban J connectivity index is 2.47. The molecule has 0 saturated heterocycles. The van der Waals surface area contributed by atoms with Crippen molar-refractivity contribution in [2.24, 2.45) is 5.22 Å². The van der Waals surface area contributed by atoms with E-state index < -0.39 is 0 Å². The maximum absolute atomic E-state index is 7.68. The van der Waals surface area contributed by atoms with Crippen LogP contribution in [-0.2, 0) is 0 Å². The molecule has 0 amide bonds. The molecule has 0 bridgehead atoms. The van der Waals surface area contributed by atoms with E-state index in [9.17, 15) is 0 Å². The normalized spacial score (nSPS) is 11.0. The largest absolute Gasteiger partial charge is 0.189 e. The second kappa shape index (κ2) is 5.63. The Morgan fingerprint density at radius 3 is 2.06 bits per heavy atom. The average molecular weight is 237 g/mol. The molecule has 0 aliphatic heterocycles. The molecule has 0 heterocycles. The van der Waals surface area contributed by atoms with E-state index in [4.69, 9.17) is 11.1 Å². The van der Waals surface area contributed by atoms with E-state index in [1.807, 2.05) is 66.7 Å². The Morgan fingerprint density at radius 2 is 1.50 bits per heavy atom. The average Bonchev–Trinajstić information content (AvgIpc) is 2.46. The highest BCUT2D eigenvalue weighted by Crippen LogP contribution is 2.19. The maximum Gasteiger partial charge on any atom is 0.189 e. The summed E-state index contributed by atoms with van der Waals surface area (Å²) in [6.45, 7) is 0. The minimum atomic E-state index is 0.566. The van der Waals surface area contributed by atoms with Gasteiger partial charge in [0.2, 0.25) is 0 Å². The molecule has 18 heavy (non-hydrogen) atoms. The van der Waals surface area contributed by atoms with Gasteiger partial charge in [-0.3, -0.25) is 0 Å². The fourth-order valence-corrected chi connectivity index (χ4v) is 1.64. The summed E-state index contributed by atoms with van der Waals surface area (Å²) in [6.07, 6.45) is 1.83. The van der Waals surface area contributed by atoms with Crippen molar-refractivity contribution in [3.05, 3.63) is 71.8 Å². The first-order valence-electron chi connectivity index (χ1n) is 5.52. The maximum atomic E-state index is 7.68. The molecule has 4 nitrogen and oxygen atoms in total. The van der Waals surface area contributed by atoms with E-state index in [1.165, 1.54) is 0 Å². The molecule has 4 heteroatoms. The summed E-state index contributed by atoms with van der Waals surface area (Å²) in [7, 11) is 0. The van der Waals surface area contributed by atoms with Crippen molar-refractivity contribution in [3.8, 4) is 0 Å². The minimum Gasteiger partial charge on any atom is -0.110 e. The first kappa shape index (κ1) is 11.9. The fourth-order valence-electron chi connectivity index (χ4n) is 1.64. The zero-order valence-electron chi connectivity index (χ0n) is 9.75. The number of benzene rings is 2. The summed E-state index contributed by atoms with van der Waals surface area (Å²) in [4.78, 5) is 0.808. The quantitative estimate of drug-likeness (QED) is 0.347. The van der Waals surface area contributed by atoms with Crippen LogP contribution in [0.4, 0.5) is 0 Å². The smallest absolute Gasteiger partial charge is 0.110 e. The van der Waals surface area contributed by atoms with Gasteiger partial charge in [-0.15, -0.1) is 5.53 Å². The van der Waals surface area contributed by atoms with Crippen LogP contribution in [0.5, 0.6) is 0 Å². The summed E-state index contributed by atoms with van der Waals surface area (Å²) < 4.78 is 0. The predicted octanol–water partition coefficient (Wildman–Crippen LogP) is 4.17. The molecule has 0 spiro atoms. The molecule has 2 rings (SSSR count). The summed E-state index contributed by atoms with van der Waals surface area (Å²) in [6, 6.07) is 19.2. The monoisotopic (exact) mass is 237 g/mol. The first-order valence-corrected chi connectivity index (χ1v) is 5.52. The van der Waals surface area contributed by atoms with E-state index in [0.29, 0.717) is 5.70 Å². The zero-order valence-corrected chi connectivity index (χ0v) is 9.75. The number of hydrogen-bond donors (Lipinski definition) is 2. The van der Waals surface area contributed by atoms with Gasteiger partial charge < -0.3 is 0 Å². The van der Waals surface area contributed by atoms with E-state index in [-0.39, 0.29) is 0 Å². The van der Waals surface area contributed by atoms with Crippen LogP contribution in [-0.4, -0.2) is 4.81 Å². The SMILES string of the molecule is N=N[N+](=N)C(=Cc1ccccc1)c1ccccc1. The van der Waals surface area contributed by atoms with Crippen LogP contribution >= 0.6 is 0 Å². The molecule has 2 aromatic carbocycles. The molecular formula is C14H13N4+. The lowest BCUT2D eigenvalue weighted by molar-refractivity contribution is -0.543. The number of nitrogens with zero attached hydrogens (tertiary/aromatic N) is 2. The van der Waals surface area contributed by atoms with Crippen LogP contribution < -0.4 is 0 Å². The molecule has 0 aliphatic rings. The molecule has 0 fully saturated rings. The lowest BCUT2D eigenvalue weighted by atomic mass is 10.1. The van der Waals surface area contributed by atoms with Gasteiger partial charge >= 0.3 is 0 Å². The highest BCUT2D eigenvalue weighted by molar-refractivity contribution is 5.75. The third-order valence-corrected chi connectivity index (χ3v) is 2.50. The Labute approximate surface area is 105 Å². The zero-order chi connectivity index (χ0) is 12.8. The van der Waals surface area contributed by atoms with Gasteiger partial charge in [0, 0.05) is 11.1 Å². The topological polar surface area (TPSA) is 63.1 Å². The number of nitrogens with one attached hydrogen (secondary N) is 2. The minimum absolute atomic E-state index is 0.566. The molecule has 2 N–H and O–H groups in total. The highest BCUT2D eigenvalue weighted by Gasteiger charge is 2.11. The van der Waals surface area contributed by atoms with Crippen LogP contribution in [0.1, 0.15) is 11.1 Å². The Bertz CT molecular complexity index is 573. The van der Waals surface area contributed by atoms with E-state index in [2.05, 4.69) is 5.22 Å². The van der Waals surface area contributed by atoms with Crippen LogP contribution in [0.15, 0.2) is 65.9 Å². The van der Waals surface area contributed by atoms with Crippen molar-refractivity contribution in [2.75, 3.05) is 0 Å². The summed E-state index contributed by atoms with van der Waals surface area (Å²) in [5, 5.41) is 3.14. The van der Waals surface area contributed by atoms with Gasteiger partial charge in [0.15, 0.2) is 10.9 Å². The van der Waals surface area contributed by atoms with Gasteiger partial charge in [-0.25, -0.2) is 0 Å². The van der Waals surface area contributed by atoms with Crippen molar-refractivity contribution in [1.82, 2.24) is 0 Å². The highest BCUT2D eigenvalue weighted by atomic mass is 15.5. The molecule has 0 radical (unpaired) electrons. The van der Waals surface area contributed by atoms with Crippen LogP contribution in [0, 0.1) is 11.1 Å². The van der Waals surface area contributed by atoms with Gasteiger partial charge in [0.05, 0.1) is 0 Å². The Hall–Kier alpha value is -2.62. The molecule has 2 aromatic rings. The lowest BCUT2D eigenvalue weighted by Gasteiger charge is -2.01. The second-order valence-electron chi connectivity index (χ2n) is 3.72. The summed E-state index contributed by atoms with van der Waals surface area (Å²) >= 11 is 0. The predicted molar refractivity (Wildman–Crippen MR) is 68.9 cm³/mol. The first-order chi connectivity index (χ1) is 8.81. The van der Waals surface area contributed by atoms with Gasteiger partial charge in [-0.05, 0) is 16.4 Å². The van der Waals surface area contributed by atoms with E-state index in [0.717, 1.165) is 15.9 Å². The Kier molecular flexibility index (Phi) is 3.71. The third kappa shape index (κ3) is 2.74. The number of hydrogen-bond acceptors (Lipinski definition) is 2. The van der Waals surface area contributed by atoms with Crippen molar-refractivity contribution in [3.63, 3.8) is 0 Å². The Morgan fingerprint density at radius 1 is 0.944 bits per heavy atom. The third-order valence-electron chi connectivity index (χ3n) is 2.50. The lowest BCUT2D eigenvalue weighted by Crippen LogP contribution is -1.97. The van der Waals surface area contributed by atoms with Gasteiger partial charge in [0.1, 0.15) is 0 Å². The van der Waals surface area contributed by atoms with Gasteiger partial charge in [0.25, 0.3) is 0 Å². The van der Waals surface area contributed by atoms with Crippen molar-refractivity contribution >= 4 is 11.8 Å². The van der Waals surface area contributed by atoms with Crippen LogP contribution in [0.2, 0.25) is 0 Å². The molecule has 88 valence electrons. The molecule has 0 aliphatic carbocycles. The van der Waals surface area contributed by atoms with Crippen molar-refractivity contribution in [2.45, 2.75) is 0 Å². The van der Waals surface area contributed by atoms with Crippen LogP contribution in [0.3, 0.4) is 0 Å². The van der Waals surface area contributed by atoms with E-state index in [1.54, 1.807) is 0 Å². The molecule has 0 saturated carbocycles. The van der Waals surface area contributed by atoms with E-state index >= 15 is 0 Å². The molecule has 0 atom stereocenters.